The molecule has 0 aliphatic carbocycles. The van der Waals surface area contributed by atoms with Crippen LogP contribution in [0.2, 0.25) is 0 Å². The Kier molecular flexibility index (Phi) is 6.96. The van der Waals surface area contributed by atoms with Gasteiger partial charge in [0.05, 0.1) is 24.1 Å². The monoisotopic (exact) mass is 356 g/mol. The van der Waals surface area contributed by atoms with Gasteiger partial charge in [-0.3, -0.25) is 10.1 Å². The number of hydrogen-bond acceptors (Lipinski definition) is 4. The summed E-state index contributed by atoms with van der Waals surface area (Å²) in [6.45, 7) is 3.52. The van der Waals surface area contributed by atoms with Crippen molar-refractivity contribution < 1.29 is 9.66 Å². The maximum Gasteiger partial charge on any atom is 0.274 e. The van der Waals surface area contributed by atoms with Crippen LogP contribution in [0.15, 0.2) is 53.5 Å². The lowest BCUT2D eigenvalue weighted by Crippen LogP contribution is -2.38. The number of benzene rings is 2. The molecule has 0 aliphatic rings. The maximum atomic E-state index is 11.2. The van der Waals surface area contributed by atoms with Gasteiger partial charge in [0.2, 0.25) is 0 Å². The molecule has 0 fully saturated rings. The van der Waals surface area contributed by atoms with E-state index in [0.29, 0.717) is 24.6 Å². The zero-order chi connectivity index (χ0) is 18.9. The Labute approximate surface area is 153 Å². The molecule has 0 atom stereocenters. The minimum absolute atomic E-state index is 0.0829. The van der Waals surface area contributed by atoms with Gasteiger partial charge in [-0.2, -0.15) is 0 Å². The predicted octanol–water partition coefficient (Wildman–Crippen LogP) is 3.20. The zero-order valence-electron chi connectivity index (χ0n) is 15.3. The molecule has 0 radical (unpaired) electrons. The van der Waals surface area contributed by atoms with Gasteiger partial charge in [0, 0.05) is 31.8 Å². The van der Waals surface area contributed by atoms with Gasteiger partial charge in [0.1, 0.15) is 5.75 Å². The fourth-order valence-corrected chi connectivity index (χ4v) is 2.62. The number of nitrogens with zero attached hydrogens (tertiary/aromatic N) is 3. The van der Waals surface area contributed by atoms with Gasteiger partial charge >= 0.3 is 0 Å². The molecule has 0 heterocycles. The Bertz CT molecular complexity index is 777. The van der Waals surface area contributed by atoms with E-state index in [1.807, 2.05) is 43.1 Å². The average molecular weight is 356 g/mol. The van der Waals surface area contributed by atoms with E-state index in [1.165, 1.54) is 6.07 Å². The molecule has 0 amide bonds. The number of hydrogen-bond donors (Lipinski definition) is 1. The van der Waals surface area contributed by atoms with Gasteiger partial charge in [-0.1, -0.05) is 36.4 Å². The summed E-state index contributed by atoms with van der Waals surface area (Å²) < 4.78 is 5.40. The summed E-state index contributed by atoms with van der Waals surface area (Å²) in [7, 11) is 3.57. The van der Waals surface area contributed by atoms with Crippen LogP contribution in [0.5, 0.6) is 5.75 Å². The van der Waals surface area contributed by atoms with Crippen LogP contribution in [0.4, 0.5) is 5.69 Å². The normalized spacial score (nSPS) is 11.1. The molecule has 2 aromatic carbocycles. The smallest absolute Gasteiger partial charge is 0.274 e. The molecule has 7 heteroatoms. The number of ether oxygens (including phenoxy) is 1. The molecule has 0 saturated heterocycles. The third kappa shape index (κ3) is 4.95. The fourth-order valence-electron chi connectivity index (χ4n) is 2.62. The van der Waals surface area contributed by atoms with Crippen molar-refractivity contribution in [3.8, 4) is 5.75 Å². The summed E-state index contributed by atoms with van der Waals surface area (Å²) in [6.07, 6.45) is 0. The molecule has 2 rings (SSSR count). The van der Waals surface area contributed by atoms with E-state index in [1.54, 1.807) is 25.3 Å². The van der Waals surface area contributed by atoms with E-state index in [9.17, 15) is 10.1 Å². The first-order chi connectivity index (χ1) is 12.6. The van der Waals surface area contributed by atoms with Gasteiger partial charge in [-0.25, -0.2) is 4.99 Å². The lowest BCUT2D eigenvalue weighted by Gasteiger charge is -2.23. The quantitative estimate of drug-likeness (QED) is 0.357. The number of methoxy groups -OCH3 is 1. The third-order valence-corrected chi connectivity index (χ3v) is 3.88. The highest BCUT2D eigenvalue weighted by Gasteiger charge is 2.13. The SMILES string of the molecule is CCNC(=NCc1ccccc1[N+](=O)[O-])N(C)Cc1ccccc1OC. The Morgan fingerprint density at radius 2 is 1.85 bits per heavy atom. The van der Waals surface area contributed by atoms with Crippen molar-refractivity contribution in [2.45, 2.75) is 20.0 Å². The molecule has 0 bridgehead atoms. The van der Waals surface area contributed by atoms with E-state index in [4.69, 9.17) is 4.74 Å². The topological polar surface area (TPSA) is 80.0 Å². The molecular weight excluding hydrogens is 332 g/mol. The largest absolute Gasteiger partial charge is 0.496 e. The lowest BCUT2D eigenvalue weighted by molar-refractivity contribution is -0.385. The summed E-state index contributed by atoms with van der Waals surface area (Å²) in [5.41, 5.74) is 1.70. The van der Waals surface area contributed by atoms with Crippen LogP contribution in [0, 0.1) is 10.1 Å². The Balaban J connectivity index is 2.19. The van der Waals surface area contributed by atoms with Crippen molar-refractivity contribution in [3.63, 3.8) is 0 Å². The third-order valence-electron chi connectivity index (χ3n) is 3.88. The van der Waals surface area contributed by atoms with E-state index in [2.05, 4.69) is 10.3 Å². The van der Waals surface area contributed by atoms with Crippen molar-refractivity contribution in [2.24, 2.45) is 4.99 Å². The van der Waals surface area contributed by atoms with Gasteiger partial charge < -0.3 is 15.0 Å². The van der Waals surface area contributed by atoms with Crippen LogP contribution >= 0.6 is 0 Å². The van der Waals surface area contributed by atoms with Gasteiger partial charge in [-0.05, 0) is 13.0 Å². The molecule has 26 heavy (non-hydrogen) atoms. The lowest BCUT2D eigenvalue weighted by atomic mass is 10.2. The average Bonchev–Trinajstić information content (AvgIpc) is 2.65. The number of aliphatic imine (C=N–C) groups is 1. The minimum atomic E-state index is -0.379. The number of rotatable bonds is 7. The molecular formula is C19H24N4O3. The van der Waals surface area contributed by atoms with Crippen molar-refractivity contribution in [1.29, 1.82) is 0 Å². The fraction of sp³-hybridized carbons (Fsp3) is 0.316. The first-order valence-electron chi connectivity index (χ1n) is 8.40. The van der Waals surface area contributed by atoms with Crippen LogP contribution in [0.3, 0.4) is 0 Å². The summed E-state index contributed by atoms with van der Waals surface area (Å²) in [6, 6.07) is 14.5. The van der Waals surface area contributed by atoms with E-state index < -0.39 is 0 Å². The highest BCUT2D eigenvalue weighted by Crippen LogP contribution is 2.20. The number of nitro groups is 1. The number of nitro benzene ring substituents is 1. The molecule has 2 aromatic rings. The molecule has 1 N–H and O–H groups in total. The first-order valence-corrected chi connectivity index (χ1v) is 8.40. The van der Waals surface area contributed by atoms with Crippen LogP contribution < -0.4 is 10.1 Å². The van der Waals surface area contributed by atoms with Gasteiger partial charge in [0.15, 0.2) is 5.96 Å². The summed E-state index contributed by atoms with van der Waals surface area (Å²) >= 11 is 0. The van der Waals surface area contributed by atoms with Crippen molar-refractivity contribution >= 4 is 11.6 Å². The molecule has 0 spiro atoms. The molecule has 0 saturated carbocycles. The molecule has 138 valence electrons. The minimum Gasteiger partial charge on any atom is -0.496 e. The van der Waals surface area contributed by atoms with Gasteiger partial charge in [0.25, 0.3) is 5.69 Å². The Morgan fingerprint density at radius 3 is 2.50 bits per heavy atom. The van der Waals surface area contributed by atoms with Crippen LogP contribution in [-0.2, 0) is 13.1 Å². The highest BCUT2D eigenvalue weighted by molar-refractivity contribution is 5.79. The zero-order valence-corrected chi connectivity index (χ0v) is 15.3. The molecule has 0 aliphatic heterocycles. The molecule has 7 nitrogen and oxygen atoms in total. The first kappa shape index (κ1) is 19.2. The predicted molar refractivity (Wildman–Crippen MR) is 102 cm³/mol. The standard InChI is InChI=1S/C19H24N4O3/c1-4-20-19(21-13-15-9-5-7-11-17(15)23(24)25)22(2)14-16-10-6-8-12-18(16)26-3/h5-12H,4,13-14H2,1-3H3,(H,20,21). The van der Waals surface area contributed by atoms with E-state index >= 15 is 0 Å². The van der Waals surface area contributed by atoms with Crippen LogP contribution in [0.1, 0.15) is 18.1 Å². The van der Waals surface area contributed by atoms with E-state index in [-0.39, 0.29) is 17.2 Å². The van der Waals surface area contributed by atoms with E-state index in [0.717, 1.165) is 11.3 Å². The highest BCUT2D eigenvalue weighted by atomic mass is 16.6. The summed E-state index contributed by atoms with van der Waals surface area (Å²) in [5.74, 6) is 1.49. The Hall–Kier alpha value is -3.09. The second-order valence-corrected chi connectivity index (χ2v) is 5.72. The number of para-hydroxylation sites is 2. The molecule has 0 unspecified atom stereocenters. The second-order valence-electron chi connectivity index (χ2n) is 5.72. The van der Waals surface area contributed by atoms with Crippen molar-refractivity contribution in [1.82, 2.24) is 10.2 Å². The maximum absolute atomic E-state index is 11.2. The van der Waals surface area contributed by atoms with Crippen LogP contribution in [-0.4, -0.2) is 36.5 Å². The molecule has 0 aromatic heterocycles. The Morgan fingerprint density at radius 1 is 1.19 bits per heavy atom. The second kappa shape index (κ2) is 9.41. The van der Waals surface area contributed by atoms with Gasteiger partial charge in [-0.15, -0.1) is 0 Å². The van der Waals surface area contributed by atoms with Crippen molar-refractivity contribution in [3.05, 3.63) is 69.8 Å². The number of guanidine groups is 1. The number of nitrogens with one attached hydrogen (secondary N) is 1. The summed E-state index contributed by atoms with van der Waals surface area (Å²) in [5, 5.41) is 14.4. The summed E-state index contributed by atoms with van der Waals surface area (Å²) in [4.78, 5) is 17.3. The van der Waals surface area contributed by atoms with Crippen molar-refractivity contribution in [2.75, 3.05) is 20.7 Å². The van der Waals surface area contributed by atoms with Crippen LogP contribution in [0.25, 0.3) is 0 Å².